The van der Waals surface area contributed by atoms with Crippen LogP contribution < -0.4 is 14.9 Å². The number of hydrogen-bond acceptors (Lipinski definition) is 8. The molecule has 2 aliphatic heterocycles. The summed E-state index contributed by atoms with van der Waals surface area (Å²) in [5, 5.41) is 31.4. The summed E-state index contributed by atoms with van der Waals surface area (Å²) < 4.78 is 22.9. The Morgan fingerprint density at radius 2 is 2.03 bits per heavy atom. The Hall–Kier alpha value is -3.23. The molecule has 0 saturated carbocycles. The molecule has 3 N–H and O–H groups in total. The number of methoxy groups -OCH3 is 1. The highest BCUT2D eigenvalue weighted by Crippen LogP contribution is 2.50. The first kappa shape index (κ1) is 19.7. The lowest BCUT2D eigenvalue weighted by atomic mass is 9.93. The minimum atomic E-state index is -1.15. The van der Waals surface area contributed by atoms with Crippen LogP contribution >= 0.6 is 0 Å². The van der Waals surface area contributed by atoms with Gasteiger partial charge in [-0.3, -0.25) is 4.79 Å². The molecule has 3 atom stereocenters. The van der Waals surface area contributed by atoms with Crippen LogP contribution in [0.3, 0.4) is 0 Å². The van der Waals surface area contributed by atoms with Crippen LogP contribution in [0.5, 0.6) is 17.2 Å². The van der Waals surface area contributed by atoms with Crippen LogP contribution in [0.2, 0.25) is 0 Å². The van der Waals surface area contributed by atoms with Crippen LogP contribution in [0.4, 0.5) is 0 Å². The Morgan fingerprint density at radius 1 is 1.26 bits per heavy atom. The van der Waals surface area contributed by atoms with Crippen molar-refractivity contribution in [1.82, 2.24) is 0 Å². The number of aliphatic hydroxyl groups is 2. The highest BCUT2D eigenvalue weighted by Gasteiger charge is 2.41. The van der Waals surface area contributed by atoms with E-state index in [4.69, 9.17) is 18.6 Å². The monoisotopic (exact) mass is 426 g/mol. The first-order valence-electron chi connectivity index (χ1n) is 9.92. The van der Waals surface area contributed by atoms with Crippen LogP contribution in [0.1, 0.15) is 43.4 Å². The number of benzene rings is 2. The molecular formula is C23H22O8. The second kappa shape index (κ2) is 6.63. The third-order valence-electron chi connectivity index (χ3n) is 5.70. The number of rotatable bonds is 4. The summed E-state index contributed by atoms with van der Waals surface area (Å²) in [6, 6.07) is 4.41. The van der Waals surface area contributed by atoms with Crippen LogP contribution in [0, 0.1) is 0 Å². The fourth-order valence-electron chi connectivity index (χ4n) is 4.39. The molecule has 1 aromatic heterocycles. The summed E-state index contributed by atoms with van der Waals surface area (Å²) in [5.41, 5.74) is -0.429. The molecule has 0 aliphatic carbocycles. The molecule has 31 heavy (non-hydrogen) atoms. The third kappa shape index (κ3) is 2.94. The molecule has 0 unspecified atom stereocenters. The molecule has 8 nitrogen and oxygen atoms in total. The summed E-state index contributed by atoms with van der Waals surface area (Å²) in [5.74, 6) is 0.279. The standard InChI is InChI=1S/C23H22O8/c1-23(2,27)9-13(25)10-4-5-12(24)17-19(26)18-15(30-20(10)17)8-14-16(21(18)28-3)11-6-7-29-22(11)31-14/h4-8,11,13,22,24-25,27H,9H2,1-3H3/t11-,13-,22-/m1/s1. The number of phenols is 1. The maximum absolute atomic E-state index is 13.5. The topological polar surface area (TPSA) is 119 Å². The van der Waals surface area contributed by atoms with Gasteiger partial charge in [-0.15, -0.1) is 0 Å². The van der Waals surface area contributed by atoms with Crippen LogP contribution in [0.15, 0.2) is 39.7 Å². The van der Waals surface area contributed by atoms with E-state index in [1.165, 1.54) is 19.2 Å². The lowest BCUT2D eigenvalue weighted by Gasteiger charge is -2.22. The Labute approximate surface area is 176 Å². The van der Waals surface area contributed by atoms with Gasteiger partial charge in [0.2, 0.25) is 5.43 Å². The Balaban J connectivity index is 1.82. The van der Waals surface area contributed by atoms with Gasteiger partial charge in [-0.1, -0.05) is 0 Å². The smallest absolute Gasteiger partial charge is 0.250 e. The summed E-state index contributed by atoms with van der Waals surface area (Å²) >= 11 is 0. The molecule has 3 aromatic rings. The molecule has 0 radical (unpaired) electrons. The molecule has 0 fully saturated rings. The van der Waals surface area contributed by atoms with Crippen molar-refractivity contribution in [2.24, 2.45) is 0 Å². The van der Waals surface area contributed by atoms with Crippen LogP contribution in [-0.2, 0) is 4.74 Å². The Morgan fingerprint density at radius 3 is 2.74 bits per heavy atom. The lowest BCUT2D eigenvalue weighted by Crippen LogP contribution is -2.22. The SMILES string of the molecule is COc1c2c(cc3oc4c([C@H](O)CC(C)(C)O)ccc(O)c4c(=O)c13)O[C@H]1OC=C[C@H]21. The van der Waals surface area contributed by atoms with Crippen molar-refractivity contribution >= 4 is 21.9 Å². The van der Waals surface area contributed by atoms with E-state index in [1.807, 2.05) is 6.08 Å². The van der Waals surface area contributed by atoms with Gasteiger partial charge >= 0.3 is 0 Å². The van der Waals surface area contributed by atoms with Gasteiger partial charge in [0.1, 0.15) is 39.2 Å². The van der Waals surface area contributed by atoms with Crippen molar-refractivity contribution in [2.45, 2.75) is 44.2 Å². The zero-order valence-electron chi connectivity index (χ0n) is 17.2. The molecule has 2 aromatic carbocycles. The molecule has 8 heteroatoms. The van der Waals surface area contributed by atoms with E-state index in [0.29, 0.717) is 17.1 Å². The zero-order chi connectivity index (χ0) is 22.1. The second-order valence-corrected chi connectivity index (χ2v) is 8.51. The predicted molar refractivity (Wildman–Crippen MR) is 111 cm³/mol. The van der Waals surface area contributed by atoms with E-state index in [-0.39, 0.29) is 45.6 Å². The van der Waals surface area contributed by atoms with Gasteiger partial charge in [-0.05, 0) is 32.1 Å². The van der Waals surface area contributed by atoms with Crippen molar-refractivity contribution in [2.75, 3.05) is 7.11 Å². The summed E-state index contributed by atoms with van der Waals surface area (Å²) in [6.07, 6.45) is 1.73. The fourth-order valence-corrected chi connectivity index (χ4v) is 4.39. The van der Waals surface area contributed by atoms with E-state index in [2.05, 4.69) is 0 Å². The van der Waals surface area contributed by atoms with Crippen molar-refractivity contribution in [3.63, 3.8) is 0 Å². The molecule has 2 aliphatic rings. The van der Waals surface area contributed by atoms with E-state index in [9.17, 15) is 20.1 Å². The van der Waals surface area contributed by atoms with Crippen LogP contribution in [0.25, 0.3) is 21.9 Å². The molecule has 0 bridgehead atoms. The first-order chi connectivity index (χ1) is 14.7. The Kier molecular flexibility index (Phi) is 4.22. The number of aromatic hydroxyl groups is 1. The van der Waals surface area contributed by atoms with Crippen molar-refractivity contribution < 1.29 is 33.9 Å². The highest BCUT2D eigenvalue weighted by atomic mass is 16.7. The minimum Gasteiger partial charge on any atom is -0.507 e. The molecule has 162 valence electrons. The van der Waals surface area contributed by atoms with E-state index in [1.54, 1.807) is 26.2 Å². The number of phenolic OH excluding ortho intramolecular Hbond substituents is 1. The van der Waals surface area contributed by atoms with Gasteiger partial charge in [0.25, 0.3) is 6.29 Å². The normalized spacial score (nSPS) is 20.4. The van der Waals surface area contributed by atoms with Crippen LogP contribution in [-0.4, -0.2) is 34.3 Å². The average Bonchev–Trinajstić information content (AvgIpc) is 3.26. The minimum absolute atomic E-state index is 0.0122. The van der Waals surface area contributed by atoms with Gasteiger partial charge in [-0.2, -0.15) is 0 Å². The molecule has 0 saturated heterocycles. The largest absolute Gasteiger partial charge is 0.507 e. The van der Waals surface area contributed by atoms with Gasteiger partial charge in [0.05, 0.1) is 36.6 Å². The number of hydrogen-bond donors (Lipinski definition) is 3. The first-order valence-corrected chi connectivity index (χ1v) is 9.92. The maximum atomic E-state index is 13.5. The van der Waals surface area contributed by atoms with Crippen molar-refractivity contribution in [3.05, 3.63) is 51.9 Å². The fraction of sp³-hybridized carbons (Fsp3) is 0.348. The van der Waals surface area contributed by atoms with E-state index >= 15 is 0 Å². The molecule has 5 rings (SSSR count). The Bertz CT molecular complexity index is 1300. The third-order valence-corrected chi connectivity index (χ3v) is 5.70. The quantitative estimate of drug-likeness (QED) is 0.544. The van der Waals surface area contributed by atoms with E-state index in [0.717, 1.165) is 0 Å². The van der Waals surface area contributed by atoms with E-state index < -0.39 is 23.4 Å². The zero-order valence-corrected chi connectivity index (χ0v) is 17.2. The molecule has 3 heterocycles. The summed E-state index contributed by atoms with van der Waals surface area (Å²) in [6.45, 7) is 3.15. The van der Waals surface area contributed by atoms with Gasteiger partial charge in [0, 0.05) is 18.1 Å². The lowest BCUT2D eigenvalue weighted by molar-refractivity contribution is -0.00482. The van der Waals surface area contributed by atoms with Gasteiger partial charge < -0.3 is 33.9 Å². The number of aliphatic hydroxyl groups excluding tert-OH is 1. The van der Waals surface area contributed by atoms with Gasteiger partial charge in [-0.25, -0.2) is 0 Å². The van der Waals surface area contributed by atoms with Crippen molar-refractivity contribution in [3.8, 4) is 17.2 Å². The molecular weight excluding hydrogens is 404 g/mol. The predicted octanol–water partition coefficient (Wildman–Crippen LogP) is 3.20. The highest BCUT2D eigenvalue weighted by molar-refractivity contribution is 5.98. The second-order valence-electron chi connectivity index (χ2n) is 8.51. The summed E-state index contributed by atoms with van der Waals surface area (Å²) in [4.78, 5) is 13.5. The average molecular weight is 426 g/mol. The summed E-state index contributed by atoms with van der Waals surface area (Å²) in [7, 11) is 1.45. The number of ether oxygens (including phenoxy) is 3. The van der Waals surface area contributed by atoms with Crippen molar-refractivity contribution in [1.29, 1.82) is 0 Å². The molecule has 0 amide bonds. The number of fused-ring (bicyclic) bond motifs is 5. The maximum Gasteiger partial charge on any atom is 0.250 e. The molecule has 0 spiro atoms. The van der Waals surface area contributed by atoms with Gasteiger partial charge in [0.15, 0.2) is 0 Å².